The second kappa shape index (κ2) is 8.29. The fraction of sp³-hybridized carbons (Fsp3) is 0.250. The minimum Gasteiger partial charge on any atom is -0.399 e. The van der Waals surface area contributed by atoms with Crippen LogP contribution in [0.15, 0.2) is 53.8 Å². The van der Waals surface area contributed by atoms with Crippen molar-refractivity contribution in [2.45, 2.75) is 20.3 Å². The van der Waals surface area contributed by atoms with Crippen LogP contribution in [0.2, 0.25) is 0 Å². The van der Waals surface area contributed by atoms with E-state index in [1.807, 2.05) is 26.2 Å². The number of hydrogen-bond acceptors (Lipinski definition) is 3. The summed E-state index contributed by atoms with van der Waals surface area (Å²) in [6, 6.07) is 12.6. The Hall–Kier alpha value is -2.62. The highest BCUT2D eigenvalue weighted by atomic mass is 19.1. The maximum absolute atomic E-state index is 13.3. The number of allylic oxidation sites excluding steroid dienone is 1. The lowest BCUT2D eigenvalue weighted by Crippen LogP contribution is -2.09. The number of rotatable bonds is 6. The van der Waals surface area contributed by atoms with E-state index >= 15 is 0 Å². The van der Waals surface area contributed by atoms with E-state index in [-0.39, 0.29) is 5.82 Å². The molecule has 2 aromatic rings. The van der Waals surface area contributed by atoms with Crippen LogP contribution in [0.5, 0.6) is 0 Å². The summed E-state index contributed by atoms with van der Waals surface area (Å²) in [4.78, 5) is 5.05. The predicted octanol–water partition coefficient (Wildman–Crippen LogP) is 4.37. The SMILES string of the molecule is CCc1ccc(/C(=N\OC)c2ccc(F)cc2)c(/C(C)=C/NC)c1. The van der Waals surface area contributed by atoms with Gasteiger partial charge in [-0.3, -0.25) is 0 Å². The van der Waals surface area contributed by atoms with Gasteiger partial charge in [0.2, 0.25) is 0 Å². The smallest absolute Gasteiger partial charge is 0.123 e. The van der Waals surface area contributed by atoms with Crippen LogP contribution in [0.25, 0.3) is 5.57 Å². The molecule has 0 bridgehead atoms. The summed E-state index contributed by atoms with van der Waals surface area (Å²) in [5.41, 5.74) is 5.84. The van der Waals surface area contributed by atoms with Crippen molar-refractivity contribution in [3.8, 4) is 0 Å². The quantitative estimate of drug-likeness (QED) is 0.632. The first kappa shape index (κ1) is 17.7. The molecule has 0 unspecified atom stereocenters. The molecule has 0 aliphatic heterocycles. The van der Waals surface area contributed by atoms with Gasteiger partial charge < -0.3 is 10.2 Å². The van der Waals surface area contributed by atoms with Gasteiger partial charge in [0.1, 0.15) is 18.6 Å². The van der Waals surface area contributed by atoms with Gasteiger partial charge in [0.25, 0.3) is 0 Å². The van der Waals surface area contributed by atoms with Gasteiger partial charge in [-0.25, -0.2) is 4.39 Å². The van der Waals surface area contributed by atoms with Crippen molar-refractivity contribution in [1.29, 1.82) is 0 Å². The Morgan fingerprint density at radius 1 is 1.17 bits per heavy atom. The van der Waals surface area contributed by atoms with E-state index in [1.54, 1.807) is 12.1 Å². The molecule has 126 valence electrons. The zero-order valence-corrected chi connectivity index (χ0v) is 14.6. The summed E-state index contributed by atoms with van der Waals surface area (Å²) in [5.74, 6) is -0.275. The molecular weight excluding hydrogens is 303 g/mol. The normalized spacial score (nSPS) is 12.2. The molecule has 0 fully saturated rings. The maximum Gasteiger partial charge on any atom is 0.123 e. The van der Waals surface area contributed by atoms with Gasteiger partial charge in [-0.15, -0.1) is 0 Å². The Morgan fingerprint density at radius 3 is 2.46 bits per heavy atom. The first-order valence-corrected chi connectivity index (χ1v) is 7.95. The molecule has 2 aromatic carbocycles. The third-order valence-electron chi connectivity index (χ3n) is 3.83. The highest BCUT2D eigenvalue weighted by molar-refractivity contribution is 6.15. The molecule has 0 aliphatic carbocycles. The number of oxime groups is 1. The van der Waals surface area contributed by atoms with Gasteiger partial charge in [-0.05, 0) is 60.5 Å². The van der Waals surface area contributed by atoms with Crippen molar-refractivity contribution in [2.24, 2.45) is 5.16 Å². The maximum atomic E-state index is 13.3. The monoisotopic (exact) mass is 326 g/mol. The Balaban J connectivity index is 2.64. The Bertz CT molecular complexity index is 749. The minimum atomic E-state index is -0.275. The summed E-state index contributed by atoms with van der Waals surface area (Å²) in [5, 5.41) is 7.27. The molecular formula is C20H23FN2O. The summed E-state index contributed by atoms with van der Waals surface area (Å²) < 4.78 is 13.3. The van der Waals surface area contributed by atoms with Crippen molar-refractivity contribution >= 4 is 11.3 Å². The van der Waals surface area contributed by atoms with Gasteiger partial charge in [0.15, 0.2) is 0 Å². The molecule has 0 saturated carbocycles. The summed E-state index contributed by atoms with van der Waals surface area (Å²) in [6.07, 6.45) is 2.90. The van der Waals surface area contributed by atoms with Crippen LogP contribution in [0.4, 0.5) is 4.39 Å². The second-order valence-corrected chi connectivity index (χ2v) is 5.48. The van der Waals surface area contributed by atoms with Crippen LogP contribution in [-0.2, 0) is 11.3 Å². The van der Waals surface area contributed by atoms with Gasteiger partial charge in [-0.1, -0.05) is 30.3 Å². The Labute approximate surface area is 142 Å². The zero-order valence-electron chi connectivity index (χ0n) is 14.6. The van der Waals surface area contributed by atoms with Crippen LogP contribution < -0.4 is 5.32 Å². The third-order valence-corrected chi connectivity index (χ3v) is 3.83. The highest BCUT2D eigenvalue weighted by Crippen LogP contribution is 2.24. The average molecular weight is 326 g/mol. The van der Waals surface area contributed by atoms with E-state index in [0.29, 0.717) is 5.71 Å². The lowest BCUT2D eigenvalue weighted by Gasteiger charge is -2.14. The van der Waals surface area contributed by atoms with Gasteiger partial charge >= 0.3 is 0 Å². The first-order valence-electron chi connectivity index (χ1n) is 7.95. The molecule has 0 heterocycles. The molecule has 0 amide bonds. The molecule has 0 aromatic heterocycles. The zero-order chi connectivity index (χ0) is 17.5. The largest absolute Gasteiger partial charge is 0.399 e. The molecule has 0 atom stereocenters. The standard InChI is InChI=1S/C20H23FN2O/c1-5-15-6-11-18(19(12-15)14(2)13-22-3)20(23-24-4)16-7-9-17(21)10-8-16/h6-13,22H,5H2,1-4H3/b14-13+,23-20-. The van der Waals surface area contributed by atoms with Crippen molar-refractivity contribution < 1.29 is 9.23 Å². The van der Waals surface area contributed by atoms with Crippen LogP contribution in [0.3, 0.4) is 0 Å². The first-order chi connectivity index (χ1) is 11.6. The van der Waals surface area contributed by atoms with E-state index in [0.717, 1.165) is 28.7 Å². The summed E-state index contributed by atoms with van der Waals surface area (Å²) in [6.45, 7) is 4.17. The van der Waals surface area contributed by atoms with Crippen LogP contribution >= 0.6 is 0 Å². The molecule has 1 N–H and O–H groups in total. The van der Waals surface area contributed by atoms with E-state index in [2.05, 4.69) is 29.5 Å². The molecule has 2 rings (SSSR count). The topological polar surface area (TPSA) is 33.6 Å². The lowest BCUT2D eigenvalue weighted by molar-refractivity contribution is 0.214. The number of halogens is 1. The Morgan fingerprint density at radius 2 is 1.88 bits per heavy atom. The number of hydrogen-bond donors (Lipinski definition) is 1. The second-order valence-electron chi connectivity index (χ2n) is 5.48. The van der Waals surface area contributed by atoms with Gasteiger partial charge in [-0.2, -0.15) is 0 Å². The number of benzene rings is 2. The Kier molecular flexibility index (Phi) is 6.13. The van der Waals surface area contributed by atoms with Gasteiger partial charge in [0, 0.05) is 18.2 Å². The summed E-state index contributed by atoms with van der Waals surface area (Å²) >= 11 is 0. The fourth-order valence-electron chi connectivity index (χ4n) is 2.59. The van der Waals surface area contributed by atoms with Crippen molar-refractivity contribution in [2.75, 3.05) is 14.2 Å². The number of nitrogens with zero attached hydrogens (tertiary/aromatic N) is 1. The van der Waals surface area contributed by atoms with E-state index < -0.39 is 0 Å². The molecule has 4 heteroatoms. The molecule has 0 radical (unpaired) electrons. The lowest BCUT2D eigenvalue weighted by atomic mass is 9.92. The molecule has 0 spiro atoms. The molecule has 24 heavy (non-hydrogen) atoms. The average Bonchev–Trinajstić information content (AvgIpc) is 2.60. The minimum absolute atomic E-state index is 0.275. The van der Waals surface area contributed by atoms with Gasteiger partial charge in [0.05, 0.1) is 0 Å². The van der Waals surface area contributed by atoms with Crippen LogP contribution in [0, 0.1) is 5.82 Å². The predicted molar refractivity (Wildman–Crippen MR) is 97.6 cm³/mol. The van der Waals surface area contributed by atoms with Crippen LogP contribution in [-0.4, -0.2) is 19.9 Å². The van der Waals surface area contributed by atoms with E-state index in [9.17, 15) is 4.39 Å². The van der Waals surface area contributed by atoms with Crippen molar-refractivity contribution in [3.05, 3.63) is 76.7 Å². The third kappa shape index (κ3) is 4.02. The number of nitrogens with one attached hydrogen (secondary N) is 1. The van der Waals surface area contributed by atoms with E-state index in [1.165, 1.54) is 24.8 Å². The number of aryl methyl sites for hydroxylation is 1. The molecule has 0 saturated heterocycles. The van der Waals surface area contributed by atoms with Crippen molar-refractivity contribution in [1.82, 2.24) is 5.32 Å². The van der Waals surface area contributed by atoms with E-state index in [4.69, 9.17) is 4.84 Å². The fourth-order valence-corrected chi connectivity index (χ4v) is 2.59. The summed E-state index contributed by atoms with van der Waals surface area (Å²) in [7, 11) is 3.39. The highest BCUT2D eigenvalue weighted by Gasteiger charge is 2.15. The van der Waals surface area contributed by atoms with Crippen molar-refractivity contribution in [3.63, 3.8) is 0 Å². The van der Waals surface area contributed by atoms with Crippen LogP contribution in [0.1, 0.15) is 36.1 Å². The molecule has 0 aliphatic rings. The molecule has 3 nitrogen and oxygen atoms in total.